The smallest absolute Gasteiger partial charge is 0.453 e. The van der Waals surface area contributed by atoms with E-state index in [4.69, 9.17) is 0 Å². The highest BCUT2D eigenvalue weighted by Gasteiger charge is 2.77. The number of nitrogens with one attached hydrogen (secondary N) is 1. The van der Waals surface area contributed by atoms with Crippen molar-refractivity contribution in [3.05, 3.63) is 0 Å². The Hall–Kier alpha value is -1.81. The molecule has 16 heteroatoms. The van der Waals surface area contributed by atoms with Crippen LogP contribution in [0.2, 0.25) is 0 Å². The Morgan fingerprint density at radius 2 is 1.59 bits per heavy atom. The summed E-state index contributed by atoms with van der Waals surface area (Å²) >= 11 is 0. The van der Waals surface area contributed by atoms with Gasteiger partial charge < -0.3 is 24.3 Å². The van der Waals surface area contributed by atoms with E-state index in [9.17, 15) is 49.1 Å². The molecule has 1 rings (SSSR count). The van der Waals surface area contributed by atoms with Gasteiger partial charge in [-0.3, -0.25) is 4.79 Å². The molecule has 0 saturated carbocycles. The number of amides is 1. The summed E-state index contributed by atoms with van der Waals surface area (Å²) in [6.45, 7) is -2.09. The van der Waals surface area contributed by atoms with Crippen LogP contribution in [-0.2, 0) is 28.5 Å². The lowest BCUT2D eigenvalue weighted by molar-refractivity contribution is -0.444. The van der Waals surface area contributed by atoms with Crippen molar-refractivity contribution in [1.29, 1.82) is 0 Å². The third-order valence-corrected chi connectivity index (χ3v) is 3.35. The average Bonchev–Trinajstić information content (AvgIpc) is 2.95. The summed E-state index contributed by atoms with van der Waals surface area (Å²) in [5, 5.41) is 1.12. The summed E-state index contributed by atoms with van der Waals surface area (Å²) in [7, 11) is 0. The monoisotopic (exact) mass is 451 g/mol. The van der Waals surface area contributed by atoms with Gasteiger partial charge in [-0.05, 0) is 6.92 Å². The third kappa shape index (κ3) is 4.85. The molecular formula is C13H14F9NO6. The fourth-order valence-corrected chi connectivity index (χ4v) is 2.17. The Balaban J connectivity index is 3.15. The van der Waals surface area contributed by atoms with Crippen LogP contribution in [0.3, 0.4) is 0 Å². The van der Waals surface area contributed by atoms with Crippen LogP contribution in [0.25, 0.3) is 0 Å². The average molecular weight is 451 g/mol. The normalized spacial score (nSPS) is 22.1. The molecule has 170 valence electrons. The second-order valence-corrected chi connectivity index (χ2v) is 5.55. The van der Waals surface area contributed by atoms with Gasteiger partial charge in [-0.2, -0.15) is 39.5 Å². The van der Waals surface area contributed by atoms with Crippen LogP contribution in [0.15, 0.2) is 0 Å². The Kier molecular flexibility index (Phi) is 7.08. The fourth-order valence-electron chi connectivity index (χ4n) is 2.17. The number of carbonyl (C=O) groups excluding carboxylic acids is 2. The molecule has 1 heterocycles. The number of rotatable bonds is 6. The zero-order chi connectivity index (χ0) is 22.9. The summed E-state index contributed by atoms with van der Waals surface area (Å²) < 4.78 is 133. The lowest BCUT2D eigenvalue weighted by atomic mass is 10.2. The number of alkyl halides is 9. The largest absolute Gasteiger partial charge is 0.462 e. The van der Waals surface area contributed by atoms with Gasteiger partial charge >= 0.3 is 36.0 Å². The van der Waals surface area contributed by atoms with Crippen LogP contribution in [0.1, 0.15) is 13.8 Å². The predicted octanol–water partition coefficient (Wildman–Crippen LogP) is 2.20. The van der Waals surface area contributed by atoms with Gasteiger partial charge in [0.25, 0.3) is 0 Å². The second kappa shape index (κ2) is 8.14. The van der Waals surface area contributed by atoms with Crippen molar-refractivity contribution in [2.75, 3.05) is 19.8 Å². The van der Waals surface area contributed by atoms with Gasteiger partial charge in [0.1, 0.15) is 6.10 Å². The molecule has 0 unspecified atom stereocenters. The van der Waals surface area contributed by atoms with Crippen molar-refractivity contribution in [3.63, 3.8) is 0 Å². The molecule has 29 heavy (non-hydrogen) atoms. The number of ether oxygens (including phenoxy) is 4. The lowest BCUT2D eigenvalue weighted by Gasteiger charge is -2.34. The van der Waals surface area contributed by atoms with Gasteiger partial charge in [0.2, 0.25) is 5.91 Å². The van der Waals surface area contributed by atoms with E-state index >= 15 is 0 Å². The van der Waals surface area contributed by atoms with Gasteiger partial charge in [0.05, 0.1) is 19.8 Å². The first-order chi connectivity index (χ1) is 12.9. The van der Waals surface area contributed by atoms with Crippen LogP contribution in [-0.4, -0.2) is 67.8 Å². The van der Waals surface area contributed by atoms with E-state index in [1.807, 2.05) is 0 Å². The van der Waals surface area contributed by atoms with E-state index in [-0.39, 0.29) is 0 Å². The van der Waals surface area contributed by atoms with Gasteiger partial charge in [0.15, 0.2) is 0 Å². The van der Waals surface area contributed by atoms with Crippen LogP contribution < -0.4 is 5.32 Å². The molecule has 0 aliphatic carbocycles. The summed E-state index contributed by atoms with van der Waals surface area (Å²) in [4.78, 5) is 22.9. The molecule has 0 bridgehead atoms. The highest BCUT2D eigenvalue weighted by molar-refractivity contribution is 5.86. The molecule has 1 aliphatic rings. The molecule has 0 radical (unpaired) electrons. The zero-order valence-electron chi connectivity index (χ0n) is 14.5. The Labute approximate surface area is 156 Å². The fraction of sp³-hybridized carbons (Fsp3) is 0.846. The van der Waals surface area contributed by atoms with E-state index in [0.717, 1.165) is 12.2 Å². The van der Waals surface area contributed by atoms with Gasteiger partial charge in [0, 0.05) is 6.92 Å². The molecule has 1 saturated heterocycles. The molecule has 1 fully saturated rings. The number of hydrogen-bond donors (Lipinski definition) is 1. The molecule has 2 atom stereocenters. The molecule has 0 spiro atoms. The van der Waals surface area contributed by atoms with Crippen molar-refractivity contribution in [1.82, 2.24) is 5.32 Å². The topological polar surface area (TPSA) is 83.1 Å². The zero-order valence-corrected chi connectivity index (χ0v) is 14.5. The van der Waals surface area contributed by atoms with Crippen LogP contribution in [0, 0.1) is 0 Å². The summed E-state index contributed by atoms with van der Waals surface area (Å²) in [5.41, 5.74) is -4.19. The Morgan fingerprint density at radius 1 is 1.07 bits per heavy atom. The maximum Gasteiger partial charge on any atom is 0.453 e. The van der Waals surface area contributed by atoms with E-state index in [1.54, 1.807) is 0 Å². The van der Waals surface area contributed by atoms with Crippen molar-refractivity contribution >= 4 is 11.9 Å². The first kappa shape index (κ1) is 25.2. The maximum absolute atomic E-state index is 13.4. The van der Waals surface area contributed by atoms with E-state index in [0.29, 0.717) is 6.92 Å². The van der Waals surface area contributed by atoms with Crippen molar-refractivity contribution in [3.8, 4) is 0 Å². The number of carbonyl (C=O) groups is 2. The van der Waals surface area contributed by atoms with Gasteiger partial charge in [-0.25, -0.2) is 4.79 Å². The highest BCUT2D eigenvalue weighted by Crippen LogP contribution is 2.50. The third-order valence-electron chi connectivity index (χ3n) is 3.35. The van der Waals surface area contributed by atoms with Crippen LogP contribution >= 0.6 is 0 Å². The molecular weight excluding hydrogens is 437 g/mol. The van der Waals surface area contributed by atoms with E-state index in [2.05, 4.69) is 18.9 Å². The highest BCUT2D eigenvalue weighted by atomic mass is 19.4. The second-order valence-electron chi connectivity index (χ2n) is 5.55. The molecule has 7 nitrogen and oxygen atoms in total. The molecule has 1 amide bonds. The summed E-state index contributed by atoms with van der Waals surface area (Å²) in [5.74, 6) is -8.74. The van der Waals surface area contributed by atoms with Crippen molar-refractivity contribution in [2.24, 2.45) is 0 Å². The minimum absolute atomic E-state index is 0.552. The van der Waals surface area contributed by atoms with Crippen LogP contribution in [0.5, 0.6) is 0 Å². The Morgan fingerprint density at radius 3 is 1.93 bits per heavy atom. The number of halogens is 9. The minimum Gasteiger partial charge on any atom is -0.462 e. The molecule has 0 aromatic carbocycles. The first-order valence-electron chi connectivity index (χ1n) is 7.55. The van der Waals surface area contributed by atoms with Gasteiger partial charge in [-0.1, -0.05) is 0 Å². The first-order valence-corrected chi connectivity index (χ1v) is 7.55. The molecule has 0 aromatic rings. The minimum atomic E-state index is -6.13. The Bertz CT molecular complexity index is 603. The SMILES string of the molecule is CCOC(=O)[C@@](NC(C)=O)(OC[C@@H]1COC(C(F)(F)F)(C(F)(F)F)O1)C(F)(F)F. The molecule has 1 N–H and O–H groups in total. The van der Waals surface area contributed by atoms with E-state index < -0.39 is 67.8 Å². The van der Waals surface area contributed by atoms with E-state index in [1.165, 1.54) is 0 Å². The molecule has 1 aliphatic heterocycles. The lowest BCUT2D eigenvalue weighted by Crippen LogP contribution is -2.66. The number of esters is 1. The standard InChI is InChI=1S/C13H14F9NO6/c1-3-26-8(25)9(11(14,15)16,23-6(2)24)27-4-7-5-28-10(29-7,12(17,18)19)13(20,21)22/h7H,3-5H2,1-2H3,(H,23,24)/t7-,9-/m1/s1. The molecule has 0 aromatic heterocycles. The van der Waals surface area contributed by atoms with Crippen molar-refractivity contribution in [2.45, 2.75) is 50.0 Å². The predicted molar refractivity (Wildman–Crippen MR) is 70.9 cm³/mol. The summed E-state index contributed by atoms with van der Waals surface area (Å²) in [6.07, 6.45) is -20.3. The number of hydrogen-bond acceptors (Lipinski definition) is 6. The van der Waals surface area contributed by atoms with Gasteiger partial charge in [-0.15, -0.1) is 0 Å². The summed E-state index contributed by atoms with van der Waals surface area (Å²) in [6, 6.07) is 0. The van der Waals surface area contributed by atoms with Crippen LogP contribution in [0.4, 0.5) is 39.5 Å². The van der Waals surface area contributed by atoms with Crippen molar-refractivity contribution < 1.29 is 68.1 Å². The maximum atomic E-state index is 13.4. The quantitative estimate of drug-likeness (QED) is 0.379.